The first-order valence-electron chi connectivity index (χ1n) is 13.9. The highest BCUT2D eigenvalue weighted by Crippen LogP contribution is 2.58. The predicted molar refractivity (Wildman–Crippen MR) is 148 cm³/mol. The molecule has 0 heterocycles. The molecule has 2 aromatic carbocycles. The lowest BCUT2D eigenvalue weighted by Crippen LogP contribution is -2.12. The van der Waals surface area contributed by atoms with Crippen molar-refractivity contribution < 1.29 is 9.47 Å². The summed E-state index contributed by atoms with van der Waals surface area (Å²) in [6.45, 7) is 9.89. The van der Waals surface area contributed by atoms with E-state index in [1.807, 2.05) is 0 Å². The fourth-order valence-corrected chi connectivity index (χ4v) is 6.40. The molecule has 3 unspecified atom stereocenters. The minimum atomic E-state index is -0.0509. The van der Waals surface area contributed by atoms with Crippen molar-refractivity contribution in [1.82, 2.24) is 0 Å². The summed E-state index contributed by atoms with van der Waals surface area (Å²) in [5.41, 5.74) is 10.3. The van der Waals surface area contributed by atoms with Crippen LogP contribution in [-0.2, 0) is 11.3 Å². The van der Waals surface area contributed by atoms with Gasteiger partial charge >= 0.3 is 0 Å². The zero-order chi connectivity index (χ0) is 25.6. The van der Waals surface area contributed by atoms with Crippen LogP contribution in [0.5, 0.6) is 5.75 Å². The lowest BCUT2D eigenvalue weighted by Gasteiger charge is -2.18. The van der Waals surface area contributed by atoms with Gasteiger partial charge in [0.15, 0.2) is 0 Å². The molecule has 0 bridgehead atoms. The molecule has 4 aliphatic rings. The third-order valence-corrected chi connectivity index (χ3v) is 8.82. The van der Waals surface area contributed by atoms with E-state index in [9.17, 15) is 5.26 Å². The number of allylic oxidation sites excluding steroid dienone is 3. The van der Waals surface area contributed by atoms with Crippen LogP contribution in [0, 0.1) is 42.4 Å². The van der Waals surface area contributed by atoms with Gasteiger partial charge in [0.25, 0.3) is 0 Å². The van der Waals surface area contributed by atoms with E-state index in [0.29, 0.717) is 13.2 Å². The van der Waals surface area contributed by atoms with Crippen molar-refractivity contribution in [2.75, 3.05) is 6.61 Å². The number of nitriles is 1. The van der Waals surface area contributed by atoms with Gasteiger partial charge in [-0.05, 0) is 139 Å². The van der Waals surface area contributed by atoms with Gasteiger partial charge in [-0.2, -0.15) is 5.26 Å². The van der Waals surface area contributed by atoms with Crippen LogP contribution in [0.2, 0.25) is 0 Å². The standard InChI is InChI=1S/C34H37NO2/c1-22-8-9-30-28(17-27-18-31(27)30)19-32(22)37-20-25-6-4-7-26(16-25)33-23(2)14-29(15-24(33)3)36-13-5-10-34(21-35)11-12-34/h4,6-7,9,14-16,19,27,31-32H,1,5,8,10-13,17-18,20H2,2-3H3. The first-order chi connectivity index (χ1) is 17.9. The molecule has 0 amide bonds. The molecule has 0 aromatic heterocycles. The van der Waals surface area contributed by atoms with E-state index in [1.54, 1.807) is 5.57 Å². The Kier molecular flexibility index (Phi) is 6.33. The molecule has 4 aliphatic carbocycles. The summed E-state index contributed by atoms with van der Waals surface area (Å²) in [7, 11) is 0. The van der Waals surface area contributed by atoms with Gasteiger partial charge in [0.05, 0.1) is 30.8 Å². The quantitative estimate of drug-likeness (QED) is 0.262. The third-order valence-electron chi connectivity index (χ3n) is 8.82. The van der Waals surface area contributed by atoms with Crippen LogP contribution >= 0.6 is 0 Å². The smallest absolute Gasteiger partial charge is 0.119 e. The van der Waals surface area contributed by atoms with Crippen LogP contribution in [0.4, 0.5) is 0 Å². The van der Waals surface area contributed by atoms with Crippen LogP contribution in [0.1, 0.15) is 61.6 Å². The molecule has 6 rings (SSSR count). The lowest BCUT2D eigenvalue weighted by molar-refractivity contribution is 0.0933. The fraction of sp³-hybridized carbons (Fsp3) is 0.441. The molecule has 0 aliphatic heterocycles. The van der Waals surface area contributed by atoms with Crippen LogP contribution in [0.25, 0.3) is 11.1 Å². The summed E-state index contributed by atoms with van der Waals surface area (Å²) in [4.78, 5) is 0. The maximum atomic E-state index is 9.26. The van der Waals surface area contributed by atoms with Crippen molar-refractivity contribution in [2.45, 2.75) is 71.5 Å². The van der Waals surface area contributed by atoms with E-state index >= 15 is 0 Å². The van der Waals surface area contributed by atoms with Crippen molar-refractivity contribution in [3.05, 3.63) is 88.5 Å². The van der Waals surface area contributed by atoms with Gasteiger partial charge in [-0.3, -0.25) is 0 Å². The largest absolute Gasteiger partial charge is 0.494 e. The molecule has 3 heteroatoms. The highest BCUT2D eigenvalue weighted by atomic mass is 16.5. The van der Waals surface area contributed by atoms with Gasteiger partial charge < -0.3 is 9.47 Å². The fourth-order valence-electron chi connectivity index (χ4n) is 6.40. The minimum absolute atomic E-state index is 0.00670. The molecule has 2 aromatic rings. The summed E-state index contributed by atoms with van der Waals surface area (Å²) in [5, 5.41) is 9.26. The van der Waals surface area contributed by atoms with Crippen LogP contribution in [0.15, 0.2) is 71.8 Å². The van der Waals surface area contributed by atoms with Gasteiger partial charge in [-0.25, -0.2) is 0 Å². The number of nitrogens with zero attached hydrogens (tertiary/aromatic N) is 1. The molecule has 0 N–H and O–H groups in total. The van der Waals surface area contributed by atoms with Crippen molar-refractivity contribution in [3.63, 3.8) is 0 Å². The molecule has 0 saturated heterocycles. The molecule has 0 spiro atoms. The van der Waals surface area contributed by atoms with E-state index in [4.69, 9.17) is 9.47 Å². The monoisotopic (exact) mass is 491 g/mol. The second-order valence-electron chi connectivity index (χ2n) is 11.7. The Balaban J connectivity index is 1.10. The SMILES string of the molecule is C=C1CC=C2C(=CC1OCc1cccc(-c3c(C)cc(OCCCC4(C#N)CC4)cc3C)c1)CC1CC21. The zero-order valence-corrected chi connectivity index (χ0v) is 22.2. The molecular weight excluding hydrogens is 454 g/mol. The van der Waals surface area contributed by atoms with Crippen molar-refractivity contribution in [2.24, 2.45) is 17.3 Å². The van der Waals surface area contributed by atoms with Crippen LogP contribution < -0.4 is 4.74 Å². The highest BCUT2D eigenvalue weighted by molar-refractivity contribution is 5.72. The van der Waals surface area contributed by atoms with Gasteiger partial charge in [0, 0.05) is 0 Å². The summed E-state index contributed by atoms with van der Waals surface area (Å²) < 4.78 is 12.5. The highest BCUT2D eigenvalue weighted by Gasteiger charge is 2.47. The second-order valence-corrected chi connectivity index (χ2v) is 11.7. The first kappa shape index (κ1) is 24.3. The number of hydrogen-bond donors (Lipinski definition) is 0. The molecule has 0 radical (unpaired) electrons. The third kappa shape index (κ3) is 5.05. The Bertz CT molecular complexity index is 1310. The second kappa shape index (κ2) is 9.66. The Morgan fingerprint density at radius 3 is 2.70 bits per heavy atom. The van der Waals surface area contributed by atoms with Crippen LogP contribution in [0.3, 0.4) is 0 Å². The van der Waals surface area contributed by atoms with Gasteiger partial charge in [-0.15, -0.1) is 0 Å². The number of benzene rings is 2. The summed E-state index contributed by atoms with van der Waals surface area (Å²) in [5.74, 6) is 2.62. The minimum Gasteiger partial charge on any atom is -0.494 e. The number of fused-ring (bicyclic) bond motifs is 3. The zero-order valence-electron chi connectivity index (χ0n) is 22.2. The Morgan fingerprint density at radius 1 is 1.14 bits per heavy atom. The number of hydrogen-bond acceptors (Lipinski definition) is 3. The van der Waals surface area contributed by atoms with E-state index in [1.165, 1.54) is 46.2 Å². The molecular formula is C34H37NO2. The Labute approximate surface area is 221 Å². The average molecular weight is 492 g/mol. The van der Waals surface area contributed by atoms with E-state index < -0.39 is 0 Å². The number of ether oxygens (including phenoxy) is 2. The predicted octanol–water partition coefficient (Wildman–Crippen LogP) is 8.17. The summed E-state index contributed by atoms with van der Waals surface area (Å²) in [6.07, 6.45) is 12.2. The average Bonchev–Trinajstić information content (AvgIpc) is 3.81. The Morgan fingerprint density at radius 2 is 1.95 bits per heavy atom. The van der Waals surface area contributed by atoms with Gasteiger partial charge in [-0.1, -0.05) is 30.9 Å². The van der Waals surface area contributed by atoms with Crippen molar-refractivity contribution >= 4 is 0 Å². The van der Waals surface area contributed by atoms with E-state index in [0.717, 1.165) is 55.3 Å². The van der Waals surface area contributed by atoms with E-state index in [2.05, 4.69) is 75.0 Å². The first-order valence-corrected chi connectivity index (χ1v) is 13.9. The number of aryl methyl sites for hydroxylation is 2. The summed E-state index contributed by atoms with van der Waals surface area (Å²) >= 11 is 0. The maximum absolute atomic E-state index is 9.26. The van der Waals surface area contributed by atoms with Gasteiger partial charge in [0.1, 0.15) is 5.75 Å². The summed E-state index contributed by atoms with van der Waals surface area (Å²) in [6, 6.07) is 15.5. The molecule has 3 atom stereocenters. The molecule has 190 valence electrons. The maximum Gasteiger partial charge on any atom is 0.119 e. The molecule has 37 heavy (non-hydrogen) atoms. The Hall–Kier alpha value is -3.09. The van der Waals surface area contributed by atoms with Crippen molar-refractivity contribution in [3.8, 4) is 22.9 Å². The molecule has 3 saturated carbocycles. The number of rotatable bonds is 9. The van der Waals surface area contributed by atoms with Crippen LogP contribution in [-0.4, -0.2) is 12.7 Å². The molecule has 3 nitrogen and oxygen atoms in total. The van der Waals surface area contributed by atoms with E-state index in [-0.39, 0.29) is 11.5 Å². The normalized spacial score (nSPS) is 24.8. The van der Waals surface area contributed by atoms with Gasteiger partial charge in [0.2, 0.25) is 0 Å². The molecule has 3 fully saturated rings. The topological polar surface area (TPSA) is 42.2 Å². The lowest BCUT2D eigenvalue weighted by atomic mass is 9.94. The van der Waals surface area contributed by atoms with Crippen molar-refractivity contribution in [1.29, 1.82) is 5.26 Å².